The van der Waals surface area contributed by atoms with Crippen LogP contribution in [0.1, 0.15) is 23.6 Å². The molecule has 1 rings (SSSR count). The number of halogens is 1. The van der Waals surface area contributed by atoms with Gasteiger partial charge in [0, 0.05) is 11.8 Å². The zero-order chi connectivity index (χ0) is 12.1. The number of nitrogens with zero attached hydrogens (tertiary/aromatic N) is 1. The Hall–Kier alpha value is -1.20. The number of benzene rings is 1. The van der Waals surface area contributed by atoms with Crippen LogP contribution < -0.4 is 4.74 Å². The third-order valence-electron chi connectivity index (χ3n) is 2.37. The molecule has 0 aliphatic rings. The molecule has 3 heteroatoms. The van der Waals surface area contributed by atoms with Crippen LogP contribution in [-0.2, 0) is 0 Å². The fraction of sp³-hybridized carbons (Fsp3) is 0.462. The molecule has 0 fully saturated rings. The van der Waals surface area contributed by atoms with Gasteiger partial charge >= 0.3 is 0 Å². The van der Waals surface area contributed by atoms with E-state index >= 15 is 0 Å². The predicted molar refractivity (Wildman–Crippen MR) is 66.0 cm³/mol. The molecule has 16 heavy (non-hydrogen) atoms. The minimum atomic E-state index is 0.330. The van der Waals surface area contributed by atoms with Gasteiger partial charge in [-0.05, 0) is 37.1 Å². The van der Waals surface area contributed by atoms with Crippen molar-refractivity contribution in [3.05, 3.63) is 28.8 Å². The van der Waals surface area contributed by atoms with E-state index in [2.05, 4.69) is 6.07 Å². The molecule has 1 atom stereocenters. The molecule has 1 aromatic rings. The third-order valence-corrected chi connectivity index (χ3v) is 2.89. The molecule has 0 aliphatic heterocycles. The number of rotatable bonds is 4. The highest BCUT2D eigenvalue weighted by Crippen LogP contribution is 2.25. The van der Waals surface area contributed by atoms with Crippen molar-refractivity contribution in [3.63, 3.8) is 0 Å². The number of hydrogen-bond donors (Lipinski definition) is 0. The number of aryl methyl sites for hydroxylation is 2. The normalized spacial score (nSPS) is 11.9. The smallest absolute Gasteiger partial charge is 0.125 e. The quantitative estimate of drug-likeness (QED) is 0.752. The van der Waals surface area contributed by atoms with Gasteiger partial charge in [-0.1, -0.05) is 6.92 Å². The van der Waals surface area contributed by atoms with Crippen molar-refractivity contribution in [1.82, 2.24) is 0 Å². The first-order chi connectivity index (χ1) is 7.58. The fourth-order valence-corrected chi connectivity index (χ4v) is 1.60. The highest BCUT2D eigenvalue weighted by atomic mass is 35.5. The summed E-state index contributed by atoms with van der Waals surface area (Å²) in [7, 11) is 0. The van der Waals surface area contributed by atoms with E-state index in [0.717, 1.165) is 16.9 Å². The van der Waals surface area contributed by atoms with Gasteiger partial charge in [0.05, 0.1) is 18.2 Å². The van der Waals surface area contributed by atoms with Gasteiger partial charge in [0.1, 0.15) is 5.75 Å². The maximum atomic E-state index is 8.83. The van der Waals surface area contributed by atoms with Gasteiger partial charge in [0.2, 0.25) is 0 Å². The van der Waals surface area contributed by atoms with Crippen LogP contribution in [0.4, 0.5) is 0 Å². The lowest BCUT2D eigenvalue weighted by molar-refractivity contribution is 0.269. The molecule has 0 amide bonds. The largest absolute Gasteiger partial charge is 0.493 e. The van der Waals surface area contributed by atoms with Crippen LogP contribution in [0.3, 0.4) is 0 Å². The lowest BCUT2D eigenvalue weighted by atomic mass is 10.1. The van der Waals surface area contributed by atoms with Gasteiger partial charge in [0.25, 0.3) is 0 Å². The minimum absolute atomic E-state index is 0.330. The lowest BCUT2D eigenvalue weighted by Gasteiger charge is -2.14. The molecule has 2 nitrogen and oxygen atoms in total. The van der Waals surface area contributed by atoms with Crippen LogP contribution in [0.2, 0.25) is 0 Å². The topological polar surface area (TPSA) is 33.0 Å². The molecule has 86 valence electrons. The van der Waals surface area contributed by atoms with Crippen molar-refractivity contribution < 1.29 is 4.74 Å². The summed E-state index contributed by atoms with van der Waals surface area (Å²) in [4.78, 5) is 0. The summed E-state index contributed by atoms with van der Waals surface area (Å²) >= 11 is 5.72. The van der Waals surface area contributed by atoms with Crippen LogP contribution in [0.15, 0.2) is 12.1 Å². The van der Waals surface area contributed by atoms with E-state index in [1.807, 2.05) is 32.9 Å². The van der Waals surface area contributed by atoms with Crippen LogP contribution in [0.5, 0.6) is 5.75 Å². The second-order valence-corrected chi connectivity index (χ2v) is 4.43. The maximum Gasteiger partial charge on any atom is 0.125 e. The fourth-order valence-electron chi connectivity index (χ4n) is 1.51. The van der Waals surface area contributed by atoms with Crippen molar-refractivity contribution in [2.24, 2.45) is 5.92 Å². The van der Waals surface area contributed by atoms with Gasteiger partial charge in [-0.15, -0.1) is 11.6 Å². The Bertz CT molecular complexity index is 386. The second-order valence-electron chi connectivity index (χ2n) is 4.12. The highest BCUT2D eigenvalue weighted by Gasteiger charge is 2.08. The number of hydrogen-bond acceptors (Lipinski definition) is 2. The molecule has 0 spiro atoms. The van der Waals surface area contributed by atoms with E-state index in [9.17, 15) is 0 Å². The van der Waals surface area contributed by atoms with Crippen molar-refractivity contribution >= 4 is 11.6 Å². The van der Waals surface area contributed by atoms with E-state index in [1.165, 1.54) is 0 Å². The van der Waals surface area contributed by atoms with Crippen LogP contribution in [-0.4, -0.2) is 12.5 Å². The Labute approximate surface area is 102 Å². The summed E-state index contributed by atoms with van der Waals surface area (Å²) in [6.45, 7) is 6.56. The van der Waals surface area contributed by atoms with E-state index in [1.54, 1.807) is 0 Å². The van der Waals surface area contributed by atoms with Crippen LogP contribution in [0.25, 0.3) is 0 Å². The van der Waals surface area contributed by atoms with E-state index in [0.29, 0.717) is 24.0 Å². The van der Waals surface area contributed by atoms with Gasteiger partial charge in [0.15, 0.2) is 0 Å². The monoisotopic (exact) mass is 237 g/mol. The Kier molecular flexibility index (Phi) is 4.64. The summed E-state index contributed by atoms with van der Waals surface area (Å²) in [5.74, 6) is 1.79. The standard InChI is InChI=1S/C13H16ClNO/c1-9(6-14)8-16-13-10(2)4-12(7-15)5-11(13)3/h4-5,9H,6,8H2,1-3H3. The van der Waals surface area contributed by atoms with Gasteiger partial charge < -0.3 is 4.74 Å². The highest BCUT2D eigenvalue weighted by molar-refractivity contribution is 6.18. The molecular weight excluding hydrogens is 222 g/mol. The second kappa shape index (κ2) is 5.77. The summed E-state index contributed by atoms with van der Waals surface area (Å²) in [6.07, 6.45) is 0. The first-order valence-electron chi connectivity index (χ1n) is 5.28. The molecule has 0 radical (unpaired) electrons. The van der Waals surface area contributed by atoms with Gasteiger partial charge in [-0.2, -0.15) is 5.26 Å². The van der Waals surface area contributed by atoms with Crippen LogP contribution >= 0.6 is 11.6 Å². The molecular formula is C13H16ClNO. The SMILES string of the molecule is Cc1cc(C#N)cc(C)c1OCC(C)CCl. The summed E-state index contributed by atoms with van der Waals surface area (Å²) in [5.41, 5.74) is 2.67. The summed E-state index contributed by atoms with van der Waals surface area (Å²) < 4.78 is 5.73. The van der Waals surface area contributed by atoms with E-state index in [4.69, 9.17) is 21.6 Å². The number of ether oxygens (including phenoxy) is 1. The van der Waals surface area contributed by atoms with E-state index in [-0.39, 0.29) is 0 Å². The van der Waals surface area contributed by atoms with Crippen molar-refractivity contribution in [3.8, 4) is 11.8 Å². The first kappa shape index (κ1) is 12.9. The number of alkyl halides is 1. The molecule has 1 aromatic carbocycles. The predicted octanol–water partition coefficient (Wildman–Crippen LogP) is 3.43. The van der Waals surface area contributed by atoms with Gasteiger partial charge in [-0.25, -0.2) is 0 Å². The zero-order valence-electron chi connectivity index (χ0n) is 9.88. The zero-order valence-corrected chi connectivity index (χ0v) is 10.6. The maximum absolute atomic E-state index is 8.83. The molecule has 0 saturated heterocycles. The molecule has 1 unspecified atom stereocenters. The molecule has 0 bridgehead atoms. The summed E-state index contributed by atoms with van der Waals surface area (Å²) in [5, 5.41) is 8.83. The number of nitriles is 1. The third kappa shape index (κ3) is 3.15. The van der Waals surface area contributed by atoms with Crippen molar-refractivity contribution in [1.29, 1.82) is 5.26 Å². The first-order valence-corrected chi connectivity index (χ1v) is 5.82. The molecule has 0 aromatic heterocycles. The Balaban J connectivity index is 2.85. The summed E-state index contributed by atoms with van der Waals surface area (Å²) in [6, 6.07) is 5.82. The molecule has 0 aliphatic carbocycles. The van der Waals surface area contributed by atoms with Crippen LogP contribution in [0, 0.1) is 31.1 Å². The molecule has 0 N–H and O–H groups in total. The van der Waals surface area contributed by atoms with Gasteiger partial charge in [-0.3, -0.25) is 0 Å². The van der Waals surface area contributed by atoms with Crippen molar-refractivity contribution in [2.75, 3.05) is 12.5 Å². The molecule has 0 heterocycles. The molecule has 0 saturated carbocycles. The Morgan fingerprint density at radius 1 is 1.38 bits per heavy atom. The van der Waals surface area contributed by atoms with Crippen molar-refractivity contribution in [2.45, 2.75) is 20.8 Å². The Morgan fingerprint density at radius 2 is 1.94 bits per heavy atom. The Morgan fingerprint density at radius 3 is 2.38 bits per heavy atom. The average Bonchev–Trinajstić information content (AvgIpc) is 2.27. The average molecular weight is 238 g/mol. The lowest BCUT2D eigenvalue weighted by Crippen LogP contribution is -2.11. The minimum Gasteiger partial charge on any atom is -0.493 e. The van der Waals surface area contributed by atoms with E-state index < -0.39 is 0 Å².